The molecule has 0 radical (unpaired) electrons. The lowest BCUT2D eigenvalue weighted by molar-refractivity contribution is -0.343. The van der Waals surface area contributed by atoms with Crippen molar-refractivity contribution in [2.45, 2.75) is 85.0 Å². The molecule has 0 unspecified atom stereocenters. The van der Waals surface area contributed by atoms with Crippen LogP contribution in [0.3, 0.4) is 0 Å². The van der Waals surface area contributed by atoms with Crippen molar-refractivity contribution in [3.8, 4) is 5.75 Å². The second-order valence-corrected chi connectivity index (χ2v) is 9.47. The standard InChI is InChI=1S/C22H34O5/c1-8-9-10-22(18(24)25,19(26)27)13-14-11-15(20(2,3)4)12-16(17(14)23)21(5,6)7/h11-12,23H,8-10,13H2,1-7H3,(H,24,25)(H,26,27)/p-2. The Kier molecular flexibility index (Phi) is 6.74. The van der Waals surface area contributed by atoms with Crippen molar-refractivity contribution in [3.63, 3.8) is 0 Å². The number of aliphatic carboxylic acids is 2. The van der Waals surface area contributed by atoms with Gasteiger partial charge in [-0.1, -0.05) is 73.4 Å². The van der Waals surface area contributed by atoms with Gasteiger partial charge in [0.15, 0.2) is 0 Å². The molecule has 0 aromatic heterocycles. The van der Waals surface area contributed by atoms with E-state index in [1.165, 1.54) is 0 Å². The average molecular weight is 376 g/mol. The Bertz CT molecular complexity index is 691. The van der Waals surface area contributed by atoms with E-state index in [1.54, 1.807) is 6.07 Å². The summed E-state index contributed by atoms with van der Waals surface area (Å²) in [5.41, 5.74) is -0.949. The van der Waals surface area contributed by atoms with Crippen LogP contribution in [-0.4, -0.2) is 17.0 Å². The van der Waals surface area contributed by atoms with Crippen LogP contribution in [0.5, 0.6) is 5.75 Å². The van der Waals surface area contributed by atoms with Crippen LogP contribution in [0.2, 0.25) is 0 Å². The molecule has 0 amide bonds. The number of carboxylic acid groups (broad SMARTS) is 2. The molecule has 0 fully saturated rings. The first-order chi connectivity index (χ1) is 12.2. The molecule has 1 rings (SSSR count). The fourth-order valence-electron chi connectivity index (χ4n) is 3.16. The lowest BCUT2D eigenvalue weighted by Crippen LogP contribution is -2.55. The molecular weight excluding hydrogens is 344 g/mol. The topological polar surface area (TPSA) is 100 Å². The molecule has 5 nitrogen and oxygen atoms in total. The zero-order valence-electron chi connectivity index (χ0n) is 17.6. The fourth-order valence-corrected chi connectivity index (χ4v) is 3.16. The highest BCUT2D eigenvalue weighted by Crippen LogP contribution is 2.41. The van der Waals surface area contributed by atoms with Crippen LogP contribution in [0.25, 0.3) is 0 Å². The summed E-state index contributed by atoms with van der Waals surface area (Å²) in [4.78, 5) is 23.7. The summed E-state index contributed by atoms with van der Waals surface area (Å²) in [5.74, 6) is -3.40. The minimum Gasteiger partial charge on any atom is -0.549 e. The predicted molar refractivity (Wildman–Crippen MR) is 101 cm³/mol. The Morgan fingerprint density at radius 2 is 1.48 bits per heavy atom. The number of phenolic OH excluding ortho intramolecular Hbond substituents is 1. The first kappa shape index (κ1) is 23.0. The molecule has 1 aromatic rings. The molecule has 0 aliphatic rings. The molecule has 1 N–H and O–H groups in total. The van der Waals surface area contributed by atoms with Crippen molar-refractivity contribution in [1.82, 2.24) is 0 Å². The molecule has 0 aliphatic carbocycles. The fraction of sp³-hybridized carbons (Fsp3) is 0.636. The van der Waals surface area contributed by atoms with Gasteiger partial charge in [0, 0.05) is 0 Å². The molecule has 0 spiro atoms. The molecule has 0 saturated carbocycles. The van der Waals surface area contributed by atoms with Crippen LogP contribution >= 0.6 is 0 Å². The van der Waals surface area contributed by atoms with Gasteiger partial charge in [0.2, 0.25) is 0 Å². The van der Waals surface area contributed by atoms with E-state index in [0.717, 1.165) is 5.56 Å². The van der Waals surface area contributed by atoms with Gasteiger partial charge < -0.3 is 24.9 Å². The third-order valence-electron chi connectivity index (χ3n) is 5.09. The maximum Gasteiger partial charge on any atom is 0.122 e. The van der Waals surface area contributed by atoms with Gasteiger partial charge in [-0.2, -0.15) is 0 Å². The van der Waals surface area contributed by atoms with Crippen molar-refractivity contribution in [1.29, 1.82) is 0 Å². The van der Waals surface area contributed by atoms with Crippen LogP contribution in [0.15, 0.2) is 12.1 Å². The van der Waals surface area contributed by atoms with Crippen molar-refractivity contribution >= 4 is 11.9 Å². The number of phenols is 1. The number of carbonyl (C=O) groups excluding carboxylic acids is 2. The summed E-state index contributed by atoms with van der Waals surface area (Å²) in [6, 6.07) is 3.61. The molecule has 0 saturated heterocycles. The van der Waals surface area contributed by atoms with Gasteiger partial charge in [0.1, 0.15) is 5.75 Å². The quantitative estimate of drug-likeness (QED) is 0.735. The van der Waals surface area contributed by atoms with Gasteiger partial charge in [0.25, 0.3) is 0 Å². The molecular formula is C22H32O5-2. The number of hydrogen-bond acceptors (Lipinski definition) is 5. The zero-order valence-corrected chi connectivity index (χ0v) is 17.6. The Morgan fingerprint density at radius 3 is 1.85 bits per heavy atom. The summed E-state index contributed by atoms with van der Waals surface area (Å²) < 4.78 is 0. The van der Waals surface area contributed by atoms with Gasteiger partial charge in [0.05, 0.1) is 17.4 Å². The van der Waals surface area contributed by atoms with Crippen LogP contribution in [0, 0.1) is 5.41 Å². The lowest BCUT2D eigenvalue weighted by Gasteiger charge is -2.37. The summed E-state index contributed by atoms with van der Waals surface area (Å²) in [6.07, 6.45) is 0.589. The minimum atomic E-state index is -2.17. The molecule has 0 aliphatic heterocycles. The summed E-state index contributed by atoms with van der Waals surface area (Å²) in [7, 11) is 0. The van der Waals surface area contributed by atoms with Crippen molar-refractivity contribution in [3.05, 3.63) is 28.8 Å². The molecule has 0 atom stereocenters. The first-order valence-electron chi connectivity index (χ1n) is 9.46. The Morgan fingerprint density at radius 1 is 0.963 bits per heavy atom. The van der Waals surface area contributed by atoms with Crippen molar-refractivity contribution in [2.24, 2.45) is 5.41 Å². The molecule has 0 heterocycles. The smallest absolute Gasteiger partial charge is 0.122 e. The normalized spacial score (nSPS) is 12.9. The van der Waals surface area contributed by atoms with E-state index >= 15 is 0 Å². The Hall–Kier alpha value is -2.04. The van der Waals surface area contributed by atoms with Crippen molar-refractivity contribution in [2.75, 3.05) is 0 Å². The third kappa shape index (κ3) is 5.02. The number of rotatable bonds is 7. The highest BCUT2D eigenvalue weighted by molar-refractivity contribution is 5.96. The minimum absolute atomic E-state index is 0.0566. The number of carboxylic acids is 2. The molecule has 5 heteroatoms. The van der Waals surface area contributed by atoms with E-state index in [0.29, 0.717) is 24.0 Å². The SMILES string of the molecule is CCCCC(Cc1cc(C(C)(C)C)cc(C(C)(C)C)c1O)(C(=O)[O-])C(=O)[O-]. The van der Waals surface area contributed by atoms with Gasteiger partial charge in [-0.25, -0.2) is 0 Å². The third-order valence-corrected chi connectivity index (χ3v) is 5.09. The Labute approximate surface area is 162 Å². The van der Waals surface area contributed by atoms with Crippen LogP contribution < -0.4 is 10.2 Å². The lowest BCUT2D eigenvalue weighted by atomic mass is 9.73. The van der Waals surface area contributed by atoms with E-state index in [2.05, 4.69) is 0 Å². The van der Waals surface area contributed by atoms with Gasteiger partial charge in [-0.15, -0.1) is 0 Å². The number of hydrogen-bond donors (Lipinski definition) is 1. The van der Waals surface area contributed by atoms with Gasteiger partial charge in [-0.3, -0.25) is 0 Å². The maximum atomic E-state index is 11.8. The maximum absolute atomic E-state index is 11.8. The second kappa shape index (κ2) is 7.91. The van der Waals surface area contributed by atoms with Crippen LogP contribution in [0.4, 0.5) is 0 Å². The Balaban J connectivity index is 3.67. The van der Waals surface area contributed by atoms with Gasteiger partial charge in [-0.05, 0) is 40.4 Å². The van der Waals surface area contributed by atoms with Crippen molar-refractivity contribution < 1.29 is 24.9 Å². The number of carbonyl (C=O) groups is 2. The molecule has 27 heavy (non-hydrogen) atoms. The van der Waals surface area contributed by atoms with E-state index in [9.17, 15) is 24.9 Å². The van der Waals surface area contributed by atoms with E-state index in [1.807, 2.05) is 54.5 Å². The average Bonchev–Trinajstić information content (AvgIpc) is 2.49. The number of unbranched alkanes of at least 4 members (excludes halogenated alkanes) is 1. The van der Waals surface area contributed by atoms with E-state index < -0.39 is 22.8 Å². The van der Waals surface area contributed by atoms with Gasteiger partial charge >= 0.3 is 0 Å². The number of benzene rings is 1. The summed E-state index contributed by atoms with van der Waals surface area (Å²) in [5, 5.41) is 34.5. The summed E-state index contributed by atoms with van der Waals surface area (Å²) in [6.45, 7) is 13.7. The van der Waals surface area contributed by atoms with E-state index in [-0.39, 0.29) is 24.0 Å². The van der Waals surface area contributed by atoms with E-state index in [4.69, 9.17) is 0 Å². The van der Waals surface area contributed by atoms with Crippen LogP contribution in [0.1, 0.15) is 84.4 Å². The first-order valence-corrected chi connectivity index (χ1v) is 9.46. The summed E-state index contributed by atoms with van der Waals surface area (Å²) >= 11 is 0. The highest BCUT2D eigenvalue weighted by Gasteiger charge is 2.36. The molecule has 0 bridgehead atoms. The van der Waals surface area contributed by atoms with Crippen LogP contribution in [-0.2, 0) is 26.8 Å². The zero-order chi connectivity index (χ0) is 21.2. The molecule has 152 valence electrons. The predicted octanol–water partition coefficient (Wildman–Crippen LogP) is 2.21. The second-order valence-electron chi connectivity index (χ2n) is 9.47. The highest BCUT2D eigenvalue weighted by atomic mass is 16.4. The number of aromatic hydroxyl groups is 1. The molecule has 1 aromatic carbocycles. The monoisotopic (exact) mass is 376 g/mol. The largest absolute Gasteiger partial charge is 0.549 e.